The van der Waals surface area contributed by atoms with Gasteiger partial charge in [0.05, 0.1) is 11.0 Å². The maximum atomic E-state index is 5.31. The Hall–Kier alpha value is -0.410. The third-order valence-corrected chi connectivity index (χ3v) is 2.72. The van der Waals surface area contributed by atoms with Crippen LogP contribution in [0.5, 0.6) is 0 Å². The molecule has 0 amide bonds. The fourth-order valence-corrected chi connectivity index (χ4v) is 1.91. The monoisotopic (exact) mass is 228 g/mol. The molecule has 0 aromatic carbocycles. The number of likely N-dealkylation sites (N-methyl/N-ethyl adjacent to an activating group) is 1. The van der Waals surface area contributed by atoms with Gasteiger partial charge in [-0.15, -0.1) is 0 Å². The van der Waals surface area contributed by atoms with E-state index in [4.69, 9.17) is 12.2 Å². The molecule has 0 radical (unpaired) electrons. The highest BCUT2D eigenvalue weighted by atomic mass is 32.1. The summed E-state index contributed by atoms with van der Waals surface area (Å²) in [5.74, 6) is 0. The van der Waals surface area contributed by atoms with Crippen LogP contribution < -0.4 is 5.32 Å². The molecule has 1 heterocycles. The van der Waals surface area contributed by atoms with Gasteiger partial charge in [-0.3, -0.25) is 4.90 Å². The predicted octanol–water partition coefficient (Wildman–Crippen LogP) is 2.95. The highest BCUT2D eigenvalue weighted by Gasteiger charge is 2.23. The summed E-state index contributed by atoms with van der Waals surface area (Å²) < 4.78 is 0. The minimum atomic E-state index is 0.450. The van der Waals surface area contributed by atoms with Crippen molar-refractivity contribution in [1.82, 2.24) is 10.2 Å². The number of likely N-dealkylation sites (tertiary alicyclic amines) is 1. The minimum absolute atomic E-state index is 0.450. The molecule has 1 unspecified atom stereocenters. The minimum Gasteiger partial charge on any atom is -0.355 e. The molecule has 0 aromatic heterocycles. The van der Waals surface area contributed by atoms with Crippen molar-refractivity contribution in [1.29, 1.82) is 0 Å². The Bertz CT molecular complexity index is 220. The fourth-order valence-electron chi connectivity index (χ4n) is 1.55. The first-order valence-electron chi connectivity index (χ1n) is 5.75. The predicted molar refractivity (Wildman–Crippen MR) is 72.2 cm³/mol. The van der Waals surface area contributed by atoms with Crippen LogP contribution in [0.4, 0.5) is 0 Å². The van der Waals surface area contributed by atoms with Gasteiger partial charge in [-0.1, -0.05) is 31.6 Å². The van der Waals surface area contributed by atoms with Crippen LogP contribution in [0.1, 0.15) is 40.5 Å². The first-order chi connectivity index (χ1) is 7.11. The number of rotatable bonds is 2. The normalized spacial score (nSPS) is 20.2. The zero-order valence-electron chi connectivity index (χ0n) is 10.6. The van der Waals surface area contributed by atoms with Gasteiger partial charge in [-0.25, -0.2) is 0 Å². The lowest BCUT2D eigenvalue weighted by atomic mass is 10.2. The zero-order valence-corrected chi connectivity index (χ0v) is 11.4. The lowest BCUT2D eigenvalue weighted by molar-refractivity contribution is 0.372. The number of nitrogens with one attached hydrogen (secondary N) is 1. The average Bonchev–Trinajstić information content (AvgIpc) is 2.64. The number of nitrogens with zero attached hydrogens (tertiary/aromatic N) is 1. The van der Waals surface area contributed by atoms with Crippen molar-refractivity contribution in [2.75, 3.05) is 13.6 Å². The Morgan fingerprint density at radius 2 is 2.00 bits per heavy atom. The summed E-state index contributed by atoms with van der Waals surface area (Å²) in [6.07, 6.45) is 4.44. The van der Waals surface area contributed by atoms with Crippen molar-refractivity contribution < 1.29 is 0 Å². The quantitative estimate of drug-likeness (QED) is 0.732. The van der Waals surface area contributed by atoms with Crippen LogP contribution >= 0.6 is 12.2 Å². The summed E-state index contributed by atoms with van der Waals surface area (Å²) in [5.41, 5.74) is 1.25. The first-order valence-corrected chi connectivity index (χ1v) is 6.16. The lowest BCUT2D eigenvalue weighted by Crippen LogP contribution is -2.38. The van der Waals surface area contributed by atoms with Gasteiger partial charge in [0.2, 0.25) is 0 Å². The largest absolute Gasteiger partial charge is 0.355 e. The third kappa shape index (κ3) is 5.28. The van der Waals surface area contributed by atoms with Crippen LogP contribution in [-0.4, -0.2) is 29.5 Å². The second-order valence-corrected chi connectivity index (χ2v) is 4.31. The molecule has 0 bridgehead atoms. The standard InChI is InChI=1S/C10H18N2S.C2H6/c1-8(2)7-11-10(13)9-5-4-6-12(9)3;1-2/h7,9H,4-6H2,1-3H3,(H,11,13);1-2H3. The Morgan fingerprint density at radius 1 is 1.40 bits per heavy atom. The Morgan fingerprint density at radius 3 is 2.40 bits per heavy atom. The van der Waals surface area contributed by atoms with Crippen molar-refractivity contribution in [2.45, 2.75) is 46.6 Å². The molecule has 0 saturated carbocycles. The molecule has 1 saturated heterocycles. The molecule has 1 rings (SSSR count). The average molecular weight is 228 g/mol. The SMILES string of the molecule is CC.CC(C)=CNC(=S)C1CCCN1C. The molecule has 1 fully saturated rings. The summed E-state index contributed by atoms with van der Waals surface area (Å²) in [7, 11) is 2.13. The topological polar surface area (TPSA) is 15.3 Å². The Balaban J connectivity index is 0.000000921. The van der Waals surface area contributed by atoms with Crippen LogP contribution in [0.2, 0.25) is 0 Å². The number of hydrogen-bond acceptors (Lipinski definition) is 2. The zero-order chi connectivity index (χ0) is 11.8. The summed E-state index contributed by atoms with van der Waals surface area (Å²) in [4.78, 5) is 3.27. The summed E-state index contributed by atoms with van der Waals surface area (Å²) in [5, 5.41) is 3.18. The molecule has 0 aliphatic carbocycles. The van der Waals surface area contributed by atoms with Gasteiger partial charge in [-0.2, -0.15) is 0 Å². The van der Waals surface area contributed by atoms with Crippen molar-refractivity contribution in [3.05, 3.63) is 11.8 Å². The molecule has 1 aliphatic heterocycles. The molecule has 0 aromatic rings. The number of hydrogen-bond donors (Lipinski definition) is 1. The van der Waals surface area contributed by atoms with Crippen LogP contribution in [0.25, 0.3) is 0 Å². The third-order valence-electron chi connectivity index (χ3n) is 2.33. The van der Waals surface area contributed by atoms with Gasteiger partial charge in [0.1, 0.15) is 0 Å². The lowest BCUT2D eigenvalue weighted by Gasteiger charge is -2.20. The molecule has 1 N–H and O–H groups in total. The van der Waals surface area contributed by atoms with E-state index in [2.05, 4.69) is 31.1 Å². The second-order valence-electron chi connectivity index (χ2n) is 3.87. The molecule has 0 spiro atoms. The van der Waals surface area contributed by atoms with Crippen molar-refractivity contribution in [3.63, 3.8) is 0 Å². The smallest absolute Gasteiger partial charge is 0.0967 e. The van der Waals surface area contributed by atoms with Gasteiger partial charge in [-0.05, 0) is 40.3 Å². The Kier molecular flexibility index (Phi) is 7.61. The van der Waals surface area contributed by atoms with Gasteiger partial charge in [0.25, 0.3) is 0 Å². The molecule has 2 nitrogen and oxygen atoms in total. The first kappa shape index (κ1) is 14.6. The van der Waals surface area contributed by atoms with Crippen molar-refractivity contribution >= 4 is 17.2 Å². The molecule has 88 valence electrons. The number of allylic oxidation sites excluding steroid dienone is 1. The highest BCUT2D eigenvalue weighted by molar-refractivity contribution is 7.80. The summed E-state index contributed by atoms with van der Waals surface area (Å²) in [6.45, 7) is 9.29. The van der Waals surface area contributed by atoms with E-state index in [-0.39, 0.29) is 0 Å². The van der Waals surface area contributed by atoms with E-state index in [1.54, 1.807) is 0 Å². The van der Waals surface area contributed by atoms with E-state index in [0.29, 0.717) is 6.04 Å². The van der Waals surface area contributed by atoms with E-state index in [0.717, 1.165) is 4.99 Å². The summed E-state index contributed by atoms with van der Waals surface area (Å²) in [6, 6.07) is 0.450. The summed E-state index contributed by atoms with van der Waals surface area (Å²) >= 11 is 5.31. The molecule has 15 heavy (non-hydrogen) atoms. The van der Waals surface area contributed by atoms with Crippen molar-refractivity contribution in [2.24, 2.45) is 0 Å². The molecule has 3 heteroatoms. The molecular formula is C12H24N2S. The molecular weight excluding hydrogens is 204 g/mol. The van der Waals surface area contributed by atoms with Crippen molar-refractivity contribution in [3.8, 4) is 0 Å². The molecule has 1 atom stereocenters. The van der Waals surface area contributed by atoms with Gasteiger partial charge in [0, 0.05) is 6.20 Å². The van der Waals surface area contributed by atoms with Crippen LogP contribution in [0.15, 0.2) is 11.8 Å². The maximum absolute atomic E-state index is 5.31. The van der Waals surface area contributed by atoms with Gasteiger partial charge in [0.15, 0.2) is 0 Å². The fraction of sp³-hybridized carbons (Fsp3) is 0.750. The van der Waals surface area contributed by atoms with Gasteiger partial charge >= 0.3 is 0 Å². The van der Waals surface area contributed by atoms with Crippen LogP contribution in [0.3, 0.4) is 0 Å². The Labute approximate surface area is 99.7 Å². The maximum Gasteiger partial charge on any atom is 0.0967 e. The molecule has 1 aliphatic rings. The second kappa shape index (κ2) is 7.83. The highest BCUT2D eigenvalue weighted by Crippen LogP contribution is 2.15. The van der Waals surface area contributed by atoms with Gasteiger partial charge < -0.3 is 5.32 Å². The van der Waals surface area contributed by atoms with E-state index < -0.39 is 0 Å². The van der Waals surface area contributed by atoms with E-state index in [1.807, 2.05) is 20.0 Å². The van der Waals surface area contributed by atoms with E-state index >= 15 is 0 Å². The number of thiocarbonyl (C=S) groups is 1. The van der Waals surface area contributed by atoms with E-state index in [1.165, 1.54) is 25.0 Å². The van der Waals surface area contributed by atoms with Crippen LogP contribution in [-0.2, 0) is 0 Å². The van der Waals surface area contributed by atoms with Crippen LogP contribution in [0, 0.1) is 0 Å². The van der Waals surface area contributed by atoms with E-state index in [9.17, 15) is 0 Å².